The average Bonchev–Trinajstić information content (AvgIpc) is 2.03. The highest BCUT2D eigenvalue weighted by atomic mass is 16.5. The lowest BCUT2D eigenvalue weighted by Gasteiger charge is -2.23. The number of carboxylic acid groups (broad SMARTS) is 1. The molecule has 0 aliphatic carbocycles. The normalized spacial score (nSPS) is 13.6. The summed E-state index contributed by atoms with van der Waals surface area (Å²) >= 11 is 0. The summed E-state index contributed by atoms with van der Waals surface area (Å²) in [4.78, 5) is 12.6. The van der Waals surface area contributed by atoms with E-state index in [0.29, 0.717) is 19.6 Å². The van der Waals surface area contributed by atoms with E-state index in [1.807, 2.05) is 32.7 Å². The highest BCUT2D eigenvalue weighted by Gasteiger charge is 2.19. The van der Waals surface area contributed by atoms with E-state index in [0.717, 1.165) is 0 Å². The van der Waals surface area contributed by atoms with Gasteiger partial charge < -0.3 is 9.84 Å². The second-order valence-electron chi connectivity index (χ2n) is 3.66. The van der Waals surface area contributed by atoms with Gasteiger partial charge in [0.15, 0.2) is 0 Å². The fourth-order valence-electron chi connectivity index (χ4n) is 1.26. The van der Waals surface area contributed by atoms with Crippen LogP contribution >= 0.6 is 0 Å². The van der Waals surface area contributed by atoms with E-state index in [2.05, 4.69) is 0 Å². The molecule has 4 nitrogen and oxygen atoms in total. The van der Waals surface area contributed by atoms with Gasteiger partial charge >= 0.3 is 5.97 Å². The van der Waals surface area contributed by atoms with Crippen LogP contribution in [0, 0.1) is 0 Å². The van der Waals surface area contributed by atoms with Gasteiger partial charge in [-0.3, -0.25) is 9.69 Å². The molecule has 0 rings (SSSR count). The Labute approximate surface area is 85.9 Å². The molecule has 1 N–H and O–H groups in total. The molecule has 0 aliphatic rings. The van der Waals surface area contributed by atoms with Gasteiger partial charge in [-0.2, -0.15) is 0 Å². The molecule has 0 fully saturated rings. The summed E-state index contributed by atoms with van der Waals surface area (Å²) < 4.78 is 5.35. The summed E-state index contributed by atoms with van der Waals surface area (Å²) in [5.41, 5.74) is 0. The molecule has 0 radical (unpaired) electrons. The maximum atomic E-state index is 10.8. The van der Waals surface area contributed by atoms with Gasteiger partial charge in [-0.05, 0) is 27.3 Å². The number of aliphatic carboxylic acids is 1. The third-order valence-corrected chi connectivity index (χ3v) is 2.10. The van der Waals surface area contributed by atoms with E-state index < -0.39 is 12.0 Å². The van der Waals surface area contributed by atoms with E-state index in [4.69, 9.17) is 9.84 Å². The van der Waals surface area contributed by atoms with Crippen LogP contribution in [0.3, 0.4) is 0 Å². The average molecular weight is 203 g/mol. The van der Waals surface area contributed by atoms with Crippen LogP contribution in [-0.4, -0.2) is 48.3 Å². The van der Waals surface area contributed by atoms with Gasteiger partial charge in [0.1, 0.15) is 6.04 Å². The van der Waals surface area contributed by atoms with Crippen molar-refractivity contribution < 1.29 is 14.6 Å². The zero-order valence-corrected chi connectivity index (χ0v) is 9.49. The number of carbonyl (C=O) groups is 1. The molecule has 1 unspecified atom stereocenters. The lowest BCUT2D eigenvalue weighted by Crippen LogP contribution is -2.39. The number of ether oxygens (including phenoxy) is 1. The third-order valence-electron chi connectivity index (χ3n) is 2.10. The van der Waals surface area contributed by atoms with Crippen molar-refractivity contribution in [1.82, 2.24) is 4.90 Å². The molecule has 0 spiro atoms. The largest absolute Gasteiger partial charge is 0.480 e. The van der Waals surface area contributed by atoms with E-state index in [9.17, 15) is 4.79 Å². The van der Waals surface area contributed by atoms with Crippen LogP contribution < -0.4 is 0 Å². The molecule has 0 heterocycles. The van der Waals surface area contributed by atoms with Gasteiger partial charge in [0, 0.05) is 6.54 Å². The van der Waals surface area contributed by atoms with Crippen molar-refractivity contribution in [2.24, 2.45) is 0 Å². The number of rotatable bonds is 7. The first kappa shape index (κ1) is 13.4. The number of hydrogen-bond donors (Lipinski definition) is 1. The molecule has 0 saturated carbocycles. The molecule has 0 bridgehead atoms. The predicted octanol–water partition coefficient (Wildman–Crippen LogP) is 1.21. The summed E-state index contributed by atoms with van der Waals surface area (Å²) in [6, 6.07) is -0.397. The van der Waals surface area contributed by atoms with Gasteiger partial charge in [-0.25, -0.2) is 0 Å². The van der Waals surface area contributed by atoms with E-state index in [1.165, 1.54) is 0 Å². The zero-order chi connectivity index (χ0) is 11.1. The Morgan fingerprint density at radius 1 is 1.50 bits per heavy atom. The molecular weight excluding hydrogens is 182 g/mol. The van der Waals surface area contributed by atoms with Crippen molar-refractivity contribution in [1.29, 1.82) is 0 Å². The topological polar surface area (TPSA) is 49.8 Å². The van der Waals surface area contributed by atoms with E-state index >= 15 is 0 Å². The van der Waals surface area contributed by atoms with Gasteiger partial charge in [-0.15, -0.1) is 0 Å². The minimum Gasteiger partial charge on any atom is -0.480 e. The number of likely N-dealkylation sites (N-methyl/N-ethyl adjacent to an activating group) is 1. The lowest BCUT2D eigenvalue weighted by molar-refractivity contribution is -0.143. The van der Waals surface area contributed by atoms with Gasteiger partial charge in [-0.1, -0.05) is 6.92 Å². The standard InChI is InChI=1S/C10H21NO3/c1-5-9(10(12)13)11(4)6-7-14-8(2)3/h8-9H,5-7H2,1-4H3,(H,12,13). The van der Waals surface area contributed by atoms with Crippen LogP contribution in [0.15, 0.2) is 0 Å². The maximum absolute atomic E-state index is 10.8. The quantitative estimate of drug-likeness (QED) is 0.675. The van der Waals surface area contributed by atoms with Gasteiger partial charge in [0.05, 0.1) is 12.7 Å². The lowest BCUT2D eigenvalue weighted by atomic mass is 10.2. The first-order valence-electron chi connectivity index (χ1n) is 5.03. The molecular formula is C10H21NO3. The smallest absolute Gasteiger partial charge is 0.320 e. The Balaban J connectivity index is 3.81. The van der Waals surface area contributed by atoms with Crippen LogP contribution in [0.4, 0.5) is 0 Å². The Bertz CT molecular complexity index is 171. The predicted molar refractivity (Wildman–Crippen MR) is 55.4 cm³/mol. The fourth-order valence-corrected chi connectivity index (χ4v) is 1.26. The van der Waals surface area contributed by atoms with Crippen LogP contribution in [-0.2, 0) is 9.53 Å². The summed E-state index contributed by atoms with van der Waals surface area (Å²) in [5, 5.41) is 8.87. The maximum Gasteiger partial charge on any atom is 0.320 e. The molecule has 14 heavy (non-hydrogen) atoms. The SMILES string of the molecule is CCC(C(=O)O)N(C)CCOC(C)C. The zero-order valence-electron chi connectivity index (χ0n) is 9.49. The van der Waals surface area contributed by atoms with Crippen molar-refractivity contribution >= 4 is 5.97 Å². The van der Waals surface area contributed by atoms with Crippen molar-refractivity contribution in [3.05, 3.63) is 0 Å². The second-order valence-corrected chi connectivity index (χ2v) is 3.66. The second kappa shape index (κ2) is 6.79. The van der Waals surface area contributed by atoms with Crippen LogP contribution in [0.25, 0.3) is 0 Å². The molecule has 4 heteroatoms. The first-order valence-corrected chi connectivity index (χ1v) is 5.03. The summed E-state index contributed by atoms with van der Waals surface area (Å²) in [6.45, 7) is 7.04. The number of carboxylic acids is 1. The van der Waals surface area contributed by atoms with Crippen molar-refractivity contribution in [2.45, 2.75) is 39.3 Å². The summed E-state index contributed by atoms with van der Waals surface area (Å²) in [5.74, 6) is -0.764. The Kier molecular flexibility index (Phi) is 6.49. The van der Waals surface area contributed by atoms with E-state index in [-0.39, 0.29) is 6.10 Å². The summed E-state index contributed by atoms with van der Waals surface area (Å²) in [7, 11) is 1.81. The fraction of sp³-hybridized carbons (Fsp3) is 0.900. The molecule has 1 atom stereocenters. The van der Waals surface area contributed by atoms with Crippen molar-refractivity contribution in [3.63, 3.8) is 0 Å². The van der Waals surface area contributed by atoms with Crippen LogP contribution in [0.2, 0.25) is 0 Å². The molecule has 0 aliphatic heterocycles. The third kappa shape index (κ3) is 5.19. The highest BCUT2D eigenvalue weighted by molar-refractivity contribution is 5.73. The van der Waals surface area contributed by atoms with Gasteiger partial charge in [0.25, 0.3) is 0 Å². The van der Waals surface area contributed by atoms with Crippen molar-refractivity contribution in [3.8, 4) is 0 Å². The number of hydrogen-bond acceptors (Lipinski definition) is 3. The molecule has 0 amide bonds. The molecule has 0 aromatic carbocycles. The van der Waals surface area contributed by atoms with Crippen LogP contribution in [0.1, 0.15) is 27.2 Å². The first-order chi connectivity index (χ1) is 6.49. The minimum absolute atomic E-state index is 0.202. The monoisotopic (exact) mass is 203 g/mol. The Morgan fingerprint density at radius 2 is 2.07 bits per heavy atom. The molecule has 0 saturated heterocycles. The molecule has 84 valence electrons. The summed E-state index contributed by atoms with van der Waals surface area (Å²) in [6.07, 6.45) is 0.821. The highest BCUT2D eigenvalue weighted by Crippen LogP contribution is 2.01. The van der Waals surface area contributed by atoms with Gasteiger partial charge in [0.2, 0.25) is 0 Å². The Morgan fingerprint density at radius 3 is 2.43 bits per heavy atom. The number of nitrogens with zero attached hydrogens (tertiary/aromatic N) is 1. The van der Waals surface area contributed by atoms with Crippen molar-refractivity contribution in [2.75, 3.05) is 20.2 Å². The Hall–Kier alpha value is -0.610. The van der Waals surface area contributed by atoms with E-state index in [1.54, 1.807) is 0 Å². The van der Waals surface area contributed by atoms with Crippen LogP contribution in [0.5, 0.6) is 0 Å². The molecule has 0 aromatic rings. The molecule has 0 aromatic heterocycles. The minimum atomic E-state index is -0.764.